The molecule has 1 fully saturated rings. The van der Waals surface area contributed by atoms with Crippen LogP contribution in [0, 0.1) is 5.92 Å². The van der Waals surface area contributed by atoms with Gasteiger partial charge < -0.3 is 20.1 Å². The Kier molecular flexibility index (Phi) is 3.86. The van der Waals surface area contributed by atoms with E-state index in [1.54, 1.807) is 17.1 Å². The third kappa shape index (κ3) is 3.01. The van der Waals surface area contributed by atoms with E-state index in [0.717, 1.165) is 0 Å². The summed E-state index contributed by atoms with van der Waals surface area (Å²) in [6.07, 6.45) is 3.87. The Morgan fingerprint density at radius 1 is 1.44 bits per heavy atom. The number of morpholine rings is 1. The average Bonchev–Trinajstić information content (AvgIpc) is 2.77. The molecule has 0 aromatic carbocycles. The second kappa shape index (κ2) is 5.39. The quantitative estimate of drug-likeness (QED) is 0.701. The first-order valence-electron chi connectivity index (χ1n) is 6.14. The number of rotatable bonds is 2. The minimum atomic E-state index is -0.844. The fraction of sp³-hybridized carbons (Fsp3) is 0.667. The smallest absolute Gasteiger partial charge is 0.318 e. The third-order valence-corrected chi connectivity index (χ3v) is 3.24. The molecule has 3 unspecified atom stereocenters. The fourth-order valence-electron chi connectivity index (χ4n) is 2.24. The predicted octanol–water partition coefficient (Wildman–Crippen LogP) is 0.446. The van der Waals surface area contributed by atoms with E-state index in [1.165, 1.54) is 0 Å². The van der Waals surface area contributed by atoms with Gasteiger partial charge in [0.2, 0.25) is 0 Å². The number of aliphatic carboxylic acids is 1. The van der Waals surface area contributed by atoms with E-state index in [1.807, 2.05) is 6.92 Å². The summed E-state index contributed by atoms with van der Waals surface area (Å²) in [6.45, 7) is 3.63. The highest BCUT2D eigenvalue weighted by Gasteiger charge is 2.28. The molecule has 0 saturated carbocycles. The molecule has 1 aliphatic heterocycles. The Bertz CT molecular complexity index is 369. The third-order valence-electron chi connectivity index (χ3n) is 3.24. The highest BCUT2D eigenvalue weighted by atomic mass is 16.5. The lowest BCUT2D eigenvalue weighted by Gasteiger charge is -2.32. The first-order chi connectivity index (χ1) is 8.56. The number of amides is 2. The van der Waals surface area contributed by atoms with Crippen LogP contribution in [-0.2, 0) is 9.53 Å². The van der Waals surface area contributed by atoms with Crippen molar-refractivity contribution in [1.82, 2.24) is 10.2 Å². The molecule has 6 heteroatoms. The molecular weight excluding hydrogens is 236 g/mol. The van der Waals surface area contributed by atoms with Crippen LogP contribution in [-0.4, -0.2) is 53.8 Å². The summed E-state index contributed by atoms with van der Waals surface area (Å²) in [6, 6.07) is -0.331. The van der Waals surface area contributed by atoms with E-state index < -0.39 is 11.9 Å². The Morgan fingerprint density at radius 3 is 2.83 bits per heavy atom. The van der Waals surface area contributed by atoms with Crippen molar-refractivity contribution in [3.63, 3.8) is 0 Å². The van der Waals surface area contributed by atoms with Gasteiger partial charge in [0.1, 0.15) is 0 Å². The van der Waals surface area contributed by atoms with E-state index >= 15 is 0 Å². The van der Waals surface area contributed by atoms with Crippen LogP contribution in [0.1, 0.15) is 13.3 Å². The van der Waals surface area contributed by atoms with Gasteiger partial charge in [-0.3, -0.25) is 4.79 Å². The molecule has 2 aliphatic rings. The average molecular weight is 254 g/mol. The molecule has 0 radical (unpaired) electrons. The summed E-state index contributed by atoms with van der Waals surface area (Å²) in [5.41, 5.74) is 0. The second-order valence-corrected chi connectivity index (χ2v) is 4.75. The highest BCUT2D eigenvalue weighted by molar-refractivity contribution is 5.76. The van der Waals surface area contributed by atoms with Crippen LogP contribution in [0.25, 0.3) is 0 Å². The Labute approximate surface area is 106 Å². The Hall–Kier alpha value is -1.56. The number of carboxylic acid groups (broad SMARTS) is 1. The second-order valence-electron chi connectivity index (χ2n) is 4.75. The van der Waals surface area contributed by atoms with E-state index in [-0.39, 0.29) is 18.2 Å². The van der Waals surface area contributed by atoms with Crippen molar-refractivity contribution in [2.45, 2.75) is 25.5 Å². The number of urea groups is 1. The van der Waals surface area contributed by atoms with Crippen LogP contribution < -0.4 is 5.32 Å². The van der Waals surface area contributed by atoms with Crippen molar-refractivity contribution in [3.8, 4) is 0 Å². The van der Waals surface area contributed by atoms with E-state index in [2.05, 4.69) is 5.32 Å². The van der Waals surface area contributed by atoms with Crippen molar-refractivity contribution in [2.75, 3.05) is 19.7 Å². The molecule has 18 heavy (non-hydrogen) atoms. The van der Waals surface area contributed by atoms with Gasteiger partial charge in [0.25, 0.3) is 0 Å². The van der Waals surface area contributed by atoms with Crippen LogP contribution in [0.3, 0.4) is 0 Å². The largest absolute Gasteiger partial charge is 0.481 e. The molecule has 2 amide bonds. The molecule has 1 heterocycles. The zero-order valence-corrected chi connectivity index (χ0v) is 10.3. The van der Waals surface area contributed by atoms with Crippen LogP contribution in [0.4, 0.5) is 4.79 Å². The minimum absolute atomic E-state index is 0.0513. The number of ether oxygens (including phenoxy) is 1. The van der Waals surface area contributed by atoms with Gasteiger partial charge in [0.15, 0.2) is 0 Å². The van der Waals surface area contributed by atoms with Crippen molar-refractivity contribution < 1.29 is 19.4 Å². The zero-order valence-electron chi connectivity index (χ0n) is 10.3. The molecule has 1 aliphatic carbocycles. The summed E-state index contributed by atoms with van der Waals surface area (Å²) in [4.78, 5) is 24.4. The maximum atomic E-state index is 12.0. The van der Waals surface area contributed by atoms with Gasteiger partial charge in [-0.2, -0.15) is 0 Å². The van der Waals surface area contributed by atoms with Crippen molar-refractivity contribution in [3.05, 3.63) is 12.2 Å². The zero-order chi connectivity index (χ0) is 13.1. The number of hydrogen-bond acceptors (Lipinski definition) is 3. The van der Waals surface area contributed by atoms with Gasteiger partial charge in [-0.25, -0.2) is 4.79 Å². The molecule has 1 saturated heterocycles. The maximum Gasteiger partial charge on any atom is 0.318 e. The number of carbonyl (C=O) groups excluding carboxylic acids is 1. The molecule has 0 bridgehead atoms. The van der Waals surface area contributed by atoms with Crippen LogP contribution in [0.2, 0.25) is 0 Å². The number of hydrogen-bond donors (Lipinski definition) is 2. The maximum absolute atomic E-state index is 12.0. The SMILES string of the molecule is CC1CN(C(=O)NC2C=CC(C(=O)O)C2)CCO1. The standard InChI is InChI=1S/C12H18N2O4/c1-8-7-14(4-5-18-8)12(17)13-10-3-2-9(6-10)11(15)16/h2-3,8-10H,4-7H2,1H3,(H,13,17)(H,15,16). The lowest BCUT2D eigenvalue weighted by Crippen LogP contribution is -2.50. The van der Waals surface area contributed by atoms with Gasteiger partial charge in [0, 0.05) is 13.1 Å². The van der Waals surface area contributed by atoms with Gasteiger partial charge >= 0.3 is 12.0 Å². The summed E-state index contributed by atoms with van der Waals surface area (Å²) in [5.74, 6) is -1.33. The molecule has 2 N–H and O–H groups in total. The molecule has 100 valence electrons. The number of nitrogens with zero attached hydrogens (tertiary/aromatic N) is 1. The van der Waals surface area contributed by atoms with E-state index in [9.17, 15) is 9.59 Å². The van der Waals surface area contributed by atoms with Crippen molar-refractivity contribution in [2.24, 2.45) is 5.92 Å². The Balaban J connectivity index is 1.82. The summed E-state index contributed by atoms with van der Waals surface area (Å²) < 4.78 is 5.36. The lowest BCUT2D eigenvalue weighted by atomic mass is 10.1. The molecule has 0 spiro atoms. The van der Waals surface area contributed by atoms with Crippen molar-refractivity contribution >= 4 is 12.0 Å². The molecule has 0 aromatic rings. The van der Waals surface area contributed by atoms with E-state index in [0.29, 0.717) is 26.1 Å². The highest BCUT2D eigenvalue weighted by Crippen LogP contribution is 2.18. The molecule has 6 nitrogen and oxygen atoms in total. The first-order valence-corrected chi connectivity index (χ1v) is 6.14. The number of carboxylic acids is 1. The van der Waals surface area contributed by atoms with Crippen LogP contribution in [0.15, 0.2) is 12.2 Å². The van der Waals surface area contributed by atoms with Gasteiger partial charge in [-0.15, -0.1) is 0 Å². The predicted molar refractivity (Wildman–Crippen MR) is 64.2 cm³/mol. The molecule has 2 rings (SSSR count). The van der Waals surface area contributed by atoms with Crippen LogP contribution in [0.5, 0.6) is 0 Å². The number of carbonyl (C=O) groups is 2. The number of nitrogens with one attached hydrogen (secondary N) is 1. The first kappa shape index (κ1) is 12.9. The van der Waals surface area contributed by atoms with Crippen molar-refractivity contribution in [1.29, 1.82) is 0 Å². The lowest BCUT2D eigenvalue weighted by molar-refractivity contribution is -0.140. The van der Waals surface area contributed by atoms with E-state index in [4.69, 9.17) is 9.84 Å². The summed E-state index contributed by atoms with van der Waals surface area (Å²) in [5, 5.41) is 11.7. The fourth-order valence-corrected chi connectivity index (χ4v) is 2.24. The van der Waals surface area contributed by atoms with Gasteiger partial charge in [-0.1, -0.05) is 12.2 Å². The summed E-state index contributed by atoms with van der Waals surface area (Å²) >= 11 is 0. The molecular formula is C12H18N2O4. The normalized spacial score (nSPS) is 31.4. The minimum Gasteiger partial charge on any atom is -0.481 e. The van der Waals surface area contributed by atoms with Crippen LogP contribution >= 0.6 is 0 Å². The van der Waals surface area contributed by atoms with Gasteiger partial charge in [-0.05, 0) is 13.3 Å². The Morgan fingerprint density at radius 2 is 2.22 bits per heavy atom. The molecule has 0 aromatic heterocycles. The topological polar surface area (TPSA) is 78.9 Å². The molecule has 3 atom stereocenters. The summed E-state index contributed by atoms with van der Waals surface area (Å²) in [7, 11) is 0. The van der Waals surface area contributed by atoms with Gasteiger partial charge in [0.05, 0.1) is 24.7 Å². The monoisotopic (exact) mass is 254 g/mol.